The second-order valence-electron chi connectivity index (χ2n) is 4.33. The predicted molar refractivity (Wildman–Crippen MR) is 89.0 cm³/mol. The van der Waals surface area contributed by atoms with Gasteiger partial charge in [0.05, 0.1) is 5.02 Å². The van der Waals surface area contributed by atoms with E-state index >= 15 is 0 Å². The van der Waals surface area contributed by atoms with Crippen LogP contribution in [0.25, 0.3) is 0 Å². The zero-order valence-corrected chi connectivity index (χ0v) is 14.7. The van der Waals surface area contributed by atoms with E-state index in [1.165, 1.54) is 0 Å². The Balaban J connectivity index is 2.74. The third-order valence-electron chi connectivity index (χ3n) is 2.97. The first kappa shape index (κ1) is 17.2. The van der Waals surface area contributed by atoms with Crippen molar-refractivity contribution in [1.82, 2.24) is 10.2 Å². The largest absolute Gasteiger partial charge is 0.341 e. The van der Waals surface area contributed by atoms with E-state index in [4.69, 9.17) is 11.6 Å². The molecule has 20 heavy (non-hydrogen) atoms. The van der Waals surface area contributed by atoms with Crippen molar-refractivity contribution in [3.05, 3.63) is 32.4 Å². The number of hydrogen-bond donors (Lipinski definition) is 1. The zero-order valence-electron chi connectivity index (χ0n) is 11.7. The lowest BCUT2D eigenvalue weighted by Crippen LogP contribution is -2.46. The second kappa shape index (κ2) is 7.83. The summed E-state index contributed by atoms with van der Waals surface area (Å²) in [7, 11) is 0. The Hall–Kier alpha value is -0.820. The summed E-state index contributed by atoms with van der Waals surface area (Å²) in [5.41, 5.74) is 0.453. The van der Waals surface area contributed by atoms with Crippen LogP contribution < -0.4 is 5.32 Å². The average Bonchev–Trinajstić information content (AvgIpc) is 2.42. The molecule has 0 fully saturated rings. The first-order chi connectivity index (χ1) is 9.40. The number of amides is 2. The van der Waals surface area contributed by atoms with Gasteiger partial charge >= 0.3 is 0 Å². The second-order valence-corrected chi connectivity index (χ2v) is 5.90. The molecule has 1 rings (SSSR count). The van der Waals surface area contributed by atoms with Crippen molar-refractivity contribution < 1.29 is 9.59 Å². The van der Waals surface area contributed by atoms with Crippen LogP contribution in [0, 0.1) is 3.57 Å². The van der Waals surface area contributed by atoms with Crippen LogP contribution in [0.15, 0.2) is 18.2 Å². The van der Waals surface area contributed by atoms with E-state index in [0.717, 1.165) is 3.57 Å². The fourth-order valence-corrected chi connectivity index (χ4v) is 2.30. The van der Waals surface area contributed by atoms with Crippen LogP contribution in [0.3, 0.4) is 0 Å². The Labute approximate surface area is 138 Å². The molecule has 110 valence electrons. The summed E-state index contributed by atoms with van der Waals surface area (Å²) in [6.07, 6.45) is 0. The van der Waals surface area contributed by atoms with Gasteiger partial charge in [-0.15, -0.1) is 0 Å². The lowest BCUT2D eigenvalue weighted by molar-refractivity contribution is -0.132. The lowest BCUT2D eigenvalue weighted by atomic mass is 10.2. The van der Waals surface area contributed by atoms with Gasteiger partial charge in [-0.05, 0) is 61.6 Å². The molecule has 0 aliphatic heterocycles. The highest BCUT2D eigenvalue weighted by molar-refractivity contribution is 14.1. The van der Waals surface area contributed by atoms with Crippen molar-refractivity contribution in [2.75, 3.05) is 13.1 Å². The molecule has 0 saturated carbocycles. The fraction of sp³-hybridized carbons (Fsp3) is 0.429. The standard InChI is InChI=1S/C14H18ClIN2O2/c1-4-18(5-2)14(20)9(3)17-13(19)10-6-7-12(16)11(15)8-10/h6-9H,4-5H2,1-3H3,(H,17,19). The van der Waals surface area contributed by atoms with Crippen LogP contribution in [-0.2, 0) is 4.79 Å². The minimum Gasteiger partial charge on any atom is -0.341 e. The first-order valence-corrected chi connectivity index (χ1v) is 7.91. The molecule has 2 amide bonds. The van der Waals surface area contributed by atoms with Gasteiger partial charge in [0.1, 0.15) is 6.04 Å². The number of halogens is 2. The highest BCUT2D eigenvalue weighted by atomic mass is 127. The number of rotatable bonds is 5. The van der Waals surface area contributed by atoms with E-state index in [0.29, 0.717) is 23.7 Å². The average molecular weight is 409 g/mol. The molecule has 0 bridgehead atoms. The summed E-state index contributed by atoms with van der Waals surface area (Å²) >= 11 is 8.08. The molecule has 0 spiro atoms. The molecule has 0 aliphatic rings. The summed E-state index contributed by atoms with van der Waals surface area (Å²) in [4.78, 5) is 25.8. The summed E-state index contributed by atoms with van der Waals surface area (Å²) in [5, 5.41) is 3.23. The van der Waals surface area contributed by atoms with E-state index in [1.54, 1.807) is 30.0 Å². The van der Waals surface area contributed by atoms with Crippen molar-refractivity contribution in [3.63, 3.8) is 0 Å². The van der Waals surface area contributed by atoms with E-state index in [9.17, 15) is 9.59 Å². The predicted octanol–water partition coefficient (Wildman–Crippen LogP) is 2.93. The quantitative estimate of drug-likeness (QED) is 0.762. The van der Waals surface area contributed by atoms with E-state index in [2.05, 4.69) is 27.9 Å². The monoisotopic (exact) mass is 408 g/mol. The molecule has 4 nitrogen and oxygen atoms in total. The maximum atomic E-state index is 12.1. The van der Waals surface area contributed by atoms with Crippen molar-refractivity contribution in [2.24, 2.45) is 0 Å². The van der Waals surface area contributed by atoms with Gasteiger partial charge in [-0.1, -0.05) is 11.6 Å². The van der Waals surface area contributed by atoms with Crippen LogP contribution >= 0.6 is 34.2 Å². The van der Waals surface area contributed by atoms with Crippen molar-refractivity contribution in [1.29, 1.82) is 0 Å². The number of hydrogen-bond acceptors (Lipinski definition) is 2. The van der Waals surface area contributed by atoms with Crippen LogP contribution in [-0.4, -0.2) is 35.8 Å². The molecule has 0 radical (unpaired) electrons. The lowest BCUT2D eigenvalue weighted by Gasteiger charge is -2.23. The van der Waals surface area contributed by atoms with Crippen molar-refractivity contribution >= 4 is 46.0 Å². The maximum Gasteiger partial charge on any atom is 0.251 e. The molecule has 0 aromatic heterocycles. The van der Waals surface area contributed by atoms with Crippen LogP contribution in [0.4, 0.5) is 0 Å². The molecule has 1 aromatic rings. The van der Waals surface area contributed by atoms with Gasteiger partial charge in [-0.3, -0.25) is 9.59 Å². The minimum atomic E-state index is -0.555. The van der Waals surface area contributed by atoms with Gasteiger partial charge in [0.15, 0.2) is 0 Å². The minimum absolute atomic E-state index is 0.0834. The molecule has 0 saturated heterocycles. The Morgan fingerprint density at radius 1 is 1.35 bits per heavy atom. The highest BCUT2D eigenvalue weighted by Crippen LogP contribution is 2.19. The highest BCUT2D eigenvalue weighted by Gasteiger charge is 2.20. The van der Waals surface area contributed by atoms with Gasteiger partial charge in [0, 0.05) is 22.2 Å². The number of nitrogens with zero attached hydrogens (tertiary/aromatic N) is 1. The third-order valence-corrected chi connectivity index (χ3v) is 4.55. The molecule has 0 aliphatic carbocycles. The van der Waals surface area contributed by atoms with Gasteiger partial charge in [-0.2, -0.15) is 0 Å². The van der Waals surface area contributed by atoms with Gasteiger partial charge in [-0.25, -0.2) is 0 Å². The molecular formula is C14H18ClIN2O2. The van der Waals surface area contributed by atoms with E-state index < -0.39 is 6.04 Å². The van der Waals surface area contributed by atoms with Crippen molar-refractivity contribution in [2.45, 2.75) is 26.8 Å². The Morgan fingerprint density at radius 3 is 2.45 bits per heavy atom. The molecule has 0 heterocycles. The number of carbonyl (C=O) groups is 2. The summed E-state index contributed by atoms with van der Waals surface area (Å²) in [6.45, 7) is 6.77. The summed E-state index contributed by atoms with van der Waals surface area (Å²) in [5.74, 6) is -0.378. The molecule has 1 unspecified atom stereocenters. The zero-order chi connectivity index (χ0) is 15.3. The van der Waals surface area contributed by atoms with Gasteiger partial charge in [0.2, 0.25) is 5.91 Å². The Morgan fingerprint density at radius 2 is 1.95 bits per heavy atom. The molecule has 1 atom stereocenters. The van der Waals surface area contributed by atoms with Gasteiger partial charge in [0.25, 0.3) is 5.91 Å². The number of carbonyl (C=O) groups excluding carboxylic acids is 2. The Kier molecular flexibility index (Phi) is 6.75. The van der Waals surface area contributed by atoms with Crippen molar-refractivity contribution in [3.8, 4) is 0 Å². The normalized spacial score (nSPS) is 11.8. The Bertz CT molecular complexity index is 504. The SMILES string of the molecule is CCN(CC)C(=O)C(C)NC(=O)c1ccc(I)c(Cl)c1. The van der Waals surface area contributed by atoms with Crippen LogP contribution in [0.1, 0.15) is 31.1 Å². The fourth-order valence-electron chi connectivity index (χ4n) is 1.79. The third kappa shape index (κ3) is 4.34. The molecule has 6 heteroatoms. The van der Waals surface area contributed by atoms with Crippen LogP contribution in [0.2, 0.25) is 5.02 Å². The molecule has 1 aromatic carbocycles. The maximum absolute atomic E-state index is 12.1. The van der Waals surface area contributed by atoms with E-state index in [-0.39, 0.29) is 11.8 Å². The summed E-state index contributed by atoms with van der Waals surface area (Å²) < 4.78 is 0.882. The number of benzene rings is 1. The van der Waals surface area contributed by atoms with E-state index in [1.807, 2.05) is 13.8 Å². The number of likely N-dealkylation sites (N-methyl/N-ethyl adjacent to an activating group) is 1. The molecular weight excluding hydrogens is 391 g/mol. The smallest absolute Gasteiger partial charge is 0.251 e. The molecule has 1 N–H and O–H groups in total. The van der Waals surface area contributed by atoms with Crippen LogP contribution in [0.5, 0.6) is 0 Å². The number of nitrogens with one attached hydrogen (secondary N) is 1. The summed E-state index contributed by atoms with van der Waals surface area (Å²) in [6, 6.07) is 4.51. The topological polar surface area (TPSA) is 49.4 Å². The first-order valence-electron chi connectivity index (χ1n) is 6.45. The van der Waals surface area contributed by atoms with Gasteiger partial charge < -0.3 is 10.2 Å².